The average Bonchev–Trinajstić information content (AvgIpc) is 3.51. The molecule has 4 aromatic rings. The van der Waals surface area contributed by atoms with Crippen molar-refractivity contribution in [1.29, 1.82) is 0 Å². The lowest BCUT2D eigenvalue weighted by Crippen LogP contribution is -2.44. The minimum Gasteiger partial charge on any atom is -0.449 e. The standard InChI is InChI=1S/C32H35N5O4/c1-20-16-21-17-22(13-14-28(21)35-20)36-31(39)29(12-6-7-15-34-30(38)18-33)37-32(40)41-19-27-25-10-4-2-8-23(25)24-9-3-5-11-26(24)27/h2-5,8-11,13-14,16-17,27,29,35H,6-7,12,15,18-19,33H2,1H3,(H,34,38)(H,36,39)(H,37,40)/t29-/m0/s1. The van der Waals surface area contributed by atoms with Gasteiger partial charge in [0.2, 0.25) is 11.8 Å². The highest BCUT2D eigenvalue weighted by Crippen LogP contribution is 2.44. The van der Waals surface area contributed by atoms with E-state index in [0.29, 0.717) is 31.5 Å². The van der Waals surface area contributed by atoms with E-state index in [1.54, 1.807) is 0 Å². The highest BCUT2D eigenvalue weighted by Gasteiger charge is 2.30. The quantitative estimate of drug-likeness (QED) is 0.173. The SMILES string of the molecule is Cc1cc2cc(NC(=O)[C@H](CCCCNC(=O)CN)NC(=O)OCC3c4ccccc4-c4ccccc43)ccc2[nH]1. The van der Waals surface area contributed by atoms with Crippen LogP contribution < -0.4 is 21.7 Å². The largest absolute Gasteiger partial charge is 0.449 e. The van der Waals surface area contributed by atoms with Gasteiger partial charge in [0.1, 0.15) is 12.6 Å². The van der Waals surface area contributed by atoms with Crippen molar-refractivity contribution in [3.8, 4) is 11.1 Å². The Balaban J connectivity index is 1.23. The van der Waals surface area contributed by atoms with Crippen LogP contribution in [-0.2, 0) is 14.3 Å². The third kappa shape index (κ3) is 6.58. The minimum atomic E-state index is -0.820. The van der Waals surface area contributed by atoms with Gasteiger partial charge in [-0.1, -0.05) is 48.5 Å². The molecule has 9 heteroatoms. The minimum absolute atomic E-state index is 0.0701. The van der Waals surface area contributed by atoms with Crippen molar-refractivity contribution in [1.82, 2.24) is 15.6 Å². The van der Waals surface area contributed by atoms with Crippen LogP contribution in [0.5, 0.6) is 0 Å². The molecule has 41 heavy (non-hydrogen) atoms. The molecule has 1 aliphatic rings. The predicted molar refractivity (Wildman–Crippen MR) is 160 cm³/mol. The van der Waals surface area contributed by atoms with Gasteiger partial charge in [0, 0.05) is 34.7 Å². The van der Waals surface area contributed by atoms with Crippen LogP contribution in [0, 0.1) is 6.92 Å². The first-order valence-electron chi connectivity index (χ1n) is 13.9. The molecule has 3 amide bonds. The van der Waals surface area contributed by atoms with Crippen LogP contribution in [0.25, 0.3) is 22.0 Å². The van der Waals surface area contributed by atoms with Gasteiger partial charge >= 0.3 is 6.09 Å². The number of H-pyrrole nitrogens is 1. The molecule has 6 N–H and O–H groups in total. The van der Waals surface area contributed by atoms with Gasteiger partial charge in [0.25, 0.3) is 0 Å². The number of aromatic amines is 1. The van der Waals surface area contributed by atoms with Crippen LogP contribution in [0.1, 0.15) is 42.0 Å². The molecule has 1 aliphatic carbocycles. The number of unbranched alkanes of at least 4 members (excludes halogenated alkanes) is 1. The second-order valence-electron chi connectivity index (χ2n) is 10.3. The summed E-state index contributed by atoms with van der Waals surface area (Å²) < 4.78 is 5.70. The lowest BCUT2D eigenvalue weighted by molar-refractivity contribution is -0.120. The smallest absolute Gasteiger partial charge is 0.407 e. The van der Waals surface area contributed by atoms with Crippen LogP contribution in [-0.4, -0.2) is 48.6 Å². The van der Waals surface area contributed by atoms with Crippen molar-refractivity contribution in [3.05, 3.63) is 89.6 Å². The molecule has 1 heterocycles. The number of hydrogen-bond acceptors (Lipinski definition) is 5. The fourth-order valence-corrected chi connectivity index (χ4v) is 5.41. The van der Waals surface area contributed by atoms with Gasteiger partial charge in [-0.05, 0) is 72.7 Å². The topological polar surface area (TPSA) is 138 Å². The van der Waals surface area contributed by atoms with Gasteiger partial charge in [-0.15, -0.1) is 0 Å². The Bertz CT molecular complexity index is 1520. The summed E-state index contributed by atoms with van der Waals surface area (Å²) >= 11 is 0. The number of nitrogens with two attached hydrogens (primary N) is 1. The van der Waals surface area contributed by atoms with Crippen molar-refractivity contribution in [2.45, 2.75) is 38.1 Å². The average molecular weight is 554 g/mol. The summed E-state index contributed by atoms with van der Waals surface area (Å²) in [6, 6.07) is 23.1. The molecular formula is C32H35N5O4. The van der Waals surface area contributed by atoms with E-state index in [0.717, 1.165) is 38.9 Å². The Labute approximate surface area is 238 Å². The third-order valence-electron chi connectivity index (χ3n) is 7.40. The Morgan fingerprint density at radius 3 is 2.37 bits per heavy atom. The van der Waals surface area contributed by atoms with E-state index in [4.69, 9.17) is 10.5 Å². The van der Waals surface area contributed by atoms with Crippen LogP contribution in [0.4, 0.5) is 10.5 Å². The molecule has 1 atom stereocenters. The second-order valence-corrected chi connectivity index (χ2v) is 10.3. The number of alkyl carbamates (subject to hydrolysis) is 1. The number of carbonyl (C=O) groups excluding carboxylic acids is 3. The summed E-state index contributed by atoms with van der Waals surface area (Å²) in [6.07, 6.45) is 0.958. The maximum atomic E-state index is 13.3. The monoisotopic (exact) mass is 553 g/mol. The number of amides is 3. The number of nitrogens with one attached hydrogen (secondary N) is 4. The van der Waals surface area contributed by atoms with Gasteiger partial charge in [-0.2, -0.15) is 0 Å². The first-order valence-corrected chi connectivity index (χ1v) is 13.9. The molecule has 9 nitrogen and oxygen atoms in total. The summed E-state index contributed by atoms with van der Waals surface area (Å²) in [5.74, 6) is -0.648. The third-order valence-corrected chi connectivity index (χ3v) is 7.40. The van der Waals surface area contributed by atoms with Crippen molar-refractivity contribution in [2.75, 3.05) is 25.0 Å². The number of aromatic nitrogens is 1. The molecule has 5 rings (SSSR count). The van der Waals surface area contributed by atoms with Gasteiger partial charge in [-0.3, -0.25) is 9.59 Å². The Morgan fingerprint density at radius 2 is 1.66 bits per heavy atom. The fourth-order valence-electron chi connectivity index (χ4n) is 5.41. The number of aryl methyl sites for hydroxylation is 1. The number of rotatable bonds is 11. The van der Waals surface area contributed by atoms with Crippen molar-refractivity contribution in [3.63, 3.8) is 0 Å². The van der Waals surface area contributed by atoms with E-state index >= 15 is 0 Å². The number of ether oxygens (including phenoxy) is 1. The lowest BCUT2D eigenvalue weighted by atomic mass is 9.98. The summed E-state index contributed by atoms with van der Waals surface area (Å²) in [4.78, 5) is 41.0. The summed E-state index contributed by atoms with van der Waals surface area (Å²) in [5, 5.41) is 9.41. The molecule has 0 saturated heterocycles. The van der Waals surface area contributed by atoms with Gasteiger partial charge in [0.05, 0.1) is 6.54 Å². The van der Waals surface area contributed by atoms with E-state index in [1.807, 2.05) is 55.5 Å². The van der Waals surface area contributed by atoms with Crippen LogP contribution in [0.2, 0.25) is 0 Å². The number of fused-ring (bicyclic) bond motifs is 4. The molecule has 0 bridgehead atoms. The molecule has 0 fully saturated rings. The zero-order valence-corrected chi connectivity index (χ0v) is 23.0. The molecule has 0 aliphatic heterocycles. The van der Waals surface area contributed by atoms with Crippen molar-refractivity contribution < 1.29 is 19.1 Å². The van der Waals surface area contributed by atoms with E-state index in [-0.39, 0.29) is 30.9 Å². The van der Waals surface area contributed by atoms with Crippen LogP contribution in [0.3, 0.4) is 0 Å². The Kier molecular flexibility index (Phi) is 8.64. The Hall–Kier alpha value is -4.63. The lowest BCUT2D eigenvalue weighted by Gasteiger charge is -2.20. The molecule has 1 aromatic heterocycles. The predicted octanol–water partition coefficient (Wildman–Crippen LogP) is 4.57. The number of carbonyl (C=O) groups is 3. The maximum Gasteiger partial charge on any atom is 0.407 e. The van der Waals surface area contributed by atoms with Crippen LogP contribution >= 0.6 is 0 Å². The first-order chi connectivity index (χ1) is 19.9. The molecule has 212 valence electrons. The number of anilines is 1. The van der Waals surface area contributed by atoms with E-state index in [9.17, 15) is 14.4 Å². The first kappa shape index (κ1) is 27.9. The number of benzene rings is 3. The van der Waals surface area contributed by atoms with E-state index in [1.165, 1.54) is 0 Å². The van der Waals surface area contributed by atoms with Crippen molar-refractivity contribution in [2.24, 2.45) is 5.73 Å². The maximum absolute atomic E-state index is 13.3. The summed E-state index contributed by atoms with van der Waals surface area (Å²) in [5.41, 5.74) is 12.5. The van der Waals surface area contributed by atoms with E-state index in [2.05, 4.69) is 45.2 Å². The highest BCUT2D eigenvalue weighted by atomic mass is 16.5. The molecular weight excluding hydrogens is 518 g/mol. The van der Waals surface area contributed by atoms with E-state index < -0.39 is 12.1 Å². The summed E-state index contributed by atoms with van der Waals surface area (Å²) in [6.45, 7) is 2.50. The van der Waals surface area contributed by atoms with Gasteiger partial charge < -0.3 is 31.4 Å². The second kappa shape index (κ2) is 12.7. The molecule has 0 unspecified atom stereocenters. The fraction of sp³-hybridized carbons (Fsp3) is 0.281. The molecule has 3 aromatic carbocycles. The van der Waals surface area contributed by atoms with Crippen LogP contribution in [0.15, 0.2) is 72.8 Å². The Morgan fingerprint density at radius 1 is 0.951 bits per heavy atom. The summed E-state index contributed by atoms with van der Waals surface area (Å²) in [7, 11) is 0. The van der Waals surface area contributed by atoms with Gasteiger partial charge in [-0.25, -0.2) is 4.79 Å². The normalized spacial score (nSPS) is 12.8. The molecule has 0 radical (unpaired) electrons. The van der Waals surface area contributed by atoms with Crippen molar-refractivity contribution >= 4 is 34.5 Å². The highest BCUT2D eigenvalue weighted by molar-refractivity contribution is 5.98. The number of hydrogen-bond donors (Lipinski definition) is 5. The zero-order valence-electron chi connectivity index (χ0n) is 23.0. The zero-order chi connectivity index (χ0) is 28.8. The van der Waals surface area contributed by atoms with Gasteiger partial charge in [0.15, 0.2) is 0 Å². The molecule has 0 saturated carbocycles. The molecule has 0 spiro atoms.